The number of para-hydroxylation sites is 1. The van der Waals surface area contributed by atoms with Crippen molar-refractivity contribution in [3.63, 3.8) is 0 Å². The highest BCUT2D eigenvalue weighted by Gasteiger charge is 2.64. The molecule has 2 aliphatic heterocycles. The van der Waals surface area contributed by atoms with Crippen molar-refractivity contribution in [2.45, 2.75) is 38.8 Å². The zero-order valence-electron chi connectivity index (χ0n) is 17.4. The minimum atomic E-state index is -1.63. The molecule has 0 N–H and O–H groups in total. The third-order valence-corrected chi connectivity index (χ3v) is 6.71. The van der Waals surface area contributed by atoms with Crippen LogP contribution in [0.1, 0.15) is 37.8 Å². The monoisotopic (exact) mass is 477 g/mol. The van der Waals surface area contributed by atoms with Crippen LogP contribution in [0.25, 0.3) is 6.08 Å². The molecule has 0 bridgehead atoms. The van der Waals surface area contributed by atoms with Crippen LogP contribution in [0.4, 0.5) is 10.1 Å². The number of carbonyl (C=O) groups excluding carboxylic acids is 1. The highest BCUT2D eigenvalue weighted by atomic mass is 79.9. The van der Waals surface area contributed by atoms with Crippen LogP contribution >= 0.6 is 15.9 Å². The Morgan fingerprint density at radius 1 is 1.16 bits per heavy atom. The first-order chi connectivity index (χ1) is 14.7. The molecule has 1 saturated heterocycles. The van der Waals surface area contributed by atoms with Crippen LogP contribution in [0.5, 0.6) is 0 Å². The maximum atomic E-state index is 15.2. The Hall–Kier alpha value is -2.96. The van der Waals surface area contributed by atoms with Crippen molar-refractivity contribution in [2.24, 2.45) is 10.8 Å². The van der Waals surface area contributed by atoms with Gasteiger partial charge in [-0.3, -0.25) is 4.79 Å². The Labute approximate surface area is 189 Å². The van der Waals surface area contributed by atoms with Gasteiger partial charge in [-0.15, -0.1) is 0 Å². The third kappa shape index (κ3) is 3.09. The van der Waals surface area contributed by atoms with Gasteiger partial charge >= 0.3 is 0 Å². The standard InChI is InChI=1S/C25H21BrFN3O/c1-24(2,3)23(31)22-21(17-10-9-16(26)12-18(17)27)25(13-28,14-29)20-11-8-15-6-4-5-7-19(15)30(20)22/h4-12,20-22H,1-3H3/t20-,21+,22+/m1/s1. The van der Waals surface area contributed by atoms with E-state index >= 15 is 4.39 Å². The summed E-state index contributed by atoms with van der Waals surface area (Å²) in [4.78, 5) is 15.7. The van der Waals surface area contributed by atoms with Gasteiger partial charge in [-0.1, -0.05) is 73.1 Å². The molecule has 2 heterocycles. The molecule has 0 saturated carbocycles. The summed E-state index contributed by atoms with van der Waals surface area (Å²) < 4.78 is 15.8. The van der Waals surface area contributed by atoms with Crippen molar-refractivity contribution in [3.8, 4) is 12.1 Å². The van der Waals surface area contributed by atoms with Gasteiger partial charge in [-0.25, -0.2) is 4.39 Å². The second kappa shape index (κ2) is 7.32. The number of halogens is 2. The highest BCUT2D eigenvalue weighted by Crippen LogP contribution is 2.56. The molecule has 0 unspecified atom stereocenters. The maximum Gasteiger partial charge on any atom is 0.176 e. The molecule has 6 heteroatoms. The molecule has 2 aliphatic rings. The Balaban J connectivity index is 2.06. The van der Waals surface area contributed by atoms with Gasteiger partial charge in [0.25, 0.3) is 0 Å². The number of carbonyl (C=O) groups is 1. The quantitative estimate of drug-likeness (QED) is 0.563. The van der Waals surface area contributed by atoms with E-state index in [2.05, 4.69) is 28.1 Å². The number of rotatable bonds is 2. The SMILES string of the molecule is CC(C)(C)C(=O)[C@@H]1[C@H](c2ccc(Br)cc2F)C(C#N)(C#N)[C@H]2C=Cc3ccccc3N12. The number of hydrogen-bond acceptors (Lipinski definition) is 4. The fourth-order valence-corrected chi connectivity index (χ4v) is 5.11. The second-order valence-electron chi connectivity index (χ2n) is 9.07. The van der Waals surface area contributed by atoms with E-state index in [-0.39, 0.29) is 11.3 Å². The van der Waals surface area contributed by atoms with E-state index in [1.165, 1.54) is 6.07 Å². The van der Waals surface area contributed by atoms with Gasteiger partial charge in [0.2, 0.25) is 0 Å². The van der Waals surface area contributed by atoms with E-state index in [1.54, 1.807) is 18.2 Å². The van der Waals surface area contributed by atoms with Crippen molar-refractivity contribution >= 4 is 33.5 Å². The number of benzene rings is 2. The van der Waals surface area contributed by atoms with Crippen LogP contribution in [-0.2, 0) is 4.79 Å². The van der Waals surface area contributed by atoms with Gasteiger partial charge in [-0.2, -0.15) is 10.5 Å². The molecule has 2 aromatic rings. The average molecular weight is 478 g/mol. The van der Waals surface area contributed by atoms with Crippen LogP contribution < -0.4 is 4.90 Å². The maximum absolute atomic E-state index is 15.2. The molecule has 3 atom stereocenters. The van der Waals surface area contributed by atoms with E-state index in [0.29, 0.717) is 4.47 Å². The smallest absolute Gasteiger partial charge is 0.176 e. The minimum absolute atomic E-state index is 0.137. The van der Waals surface area contributed by atoms with E-state index in [0.717, 1.165) is 11.3 Å². The number of ketones is 1. The Kier molecular flexibility index (Phi) is 5.03. The van der Waals surface area contributed by atoms with E-state index in [9.17, 15) is 15.3 Å². The lowest BCUT2D eigenvalue weighted by Gasteiger charge is -2.37. The second-order valence-corrected chi connectivity index (χ2v) is 9.98. The van der Waals surface area contributed by atoms with Gasteiger partial charge in [0, 0.05) is 21.5 Å². The summed E-state index contributed by atoms with van der Waals surface area (Å²) in [6.07, 6.45) is 3.67. The predicted octanol–water partition coefficient (Wildman–Crippen LogP) is 5.60. The van der Waals surface area contributed by atoms with Crippen molar-refractivity contribution in [3.05, 3.63) is 70.0 Å². The lowest BCUT2D eigenvalue weighted by Crippen LogP contribution is -2.47. The summed E-state index contributed by atoms with van der Waals surface area (Å²) >= 11 is 3.27. The zero-order chi connectivity index (χ0) is 22.6. The lowest BCUT2D eigenvalue weighted by molar-refractivity contribution is -0.127. The molecule has 156 valence electrons. The third-order valence-electron chi connectivity index (χ3n) is 6.22. The molecular formula is C25H21BrFN3O. The van der Waals surface area contributed by atoms with Crippen LogP contribution in [0.3, 0.4) is 0 Å². The summed E-state index contributed by atoms with van der Waals surface area (Å²) in [5, 5.41) is 20.6. The Morgan fingerprint density at radius 3 is 2.45 bits per heavy atom. The molecule has 1 fully saturated rings. The first kappa shape index (κ1) is 21.3. The molecule has 2 aromatic carbocycles. The Bertz CT molecular complexity index is 1170. The predicted molar refractivity (Wildman–Crippen MR) is 120 cm³/mol. The molecule has 0 aromatic heterocycles. The number of fused-ring (bicyclic) bond motifs is 3. The molecule has 31 heavy (non-hydrogen) atoms. The van der Waals surface area contributed by atoms with E-state index < -0.39 is 34.6 Å². The highest BCUT2D eigenvalue weighted by molar-refractivity contribution is 9.10. The average Bonchev–Trinajstić information content (AvgIpc) is 3.03. The zero-order valence-corrected chi connectivity index (χ0v) is 19.0. The molecule has 4 nitrogen and oxygen atoms in total. The van der Waals surface area contributed by atoms with Crippen molar-refractivity contribution in [1.29, 1.82) is 10.5 Å². The van der Waals surface area contributed by atoms with Crippen LogP contribution in [0.15, 0.2) is 53.0 Å². The van der Waals surface area contributed by atoms with Crippen molar-refractivity contribution in [2.75, 3.05) is 4.90 Å². The first-order valence-electron chi connectivity index (χ1n) is 10.0. The summed E-state index contributed by atoms with van der Waals surface area (Å²) in [6.45, 7) is 5.43. The van der Waals surface area contributed by atoms with E-state index in [1.807, 2.05) is 56.0 Å². The fourth-order valence-electron chi connectivity index (χ4n) is 4.78. The van der Waals surface area contributed by atoms with Crippen LogP contribution in [0, 0.1) is 39.3 Å². The topological polar surface area (TPSA) is 67.9 Å². The molecular weight excluding hydrogens is 457 g/mol. The van der Waals surface area contributed by atoms with Crippen molar-refractivity contribution < 1.29 is 9.18 Å². The summed E-state index contributed by atoms with van der Waals surface area (Å²) in [5.74, 6) is -1.64. The number of nitrogens with zero attached hydrogens (tertiary/aromatic N) is 3. The van der Waals surface area contributed by atoms with Gasteiger partial charge < -0.3 is 4.90 Å². The van der Waals surface area contributed by atoms with Gasteiger partial charge in [0.1, 0.15) is 5.82 Å². The molecule has 0 spiro atoms. The summed E-state index contributed by atoms with van der Waals surface area (Å²) in [6, 6.07) is 15.0. The largest absolute Gasteiger partial charge is 0.351 e. The molecule has 0 aliphatic carbocycles. The lowest BCUT2D eigenvalue weighted by atomic mass is 9.67. The molecule has 0 radical (unpaired) electrons. The number of anilines is 1. The first-order valence-corrected chi connectivity index (χ1v) is 10.8. The normalized spacial score (nSPS) is 23.5. The van der Waals surface area contributed by atoms with Gasteiger partial charge in [0.15, 0.2) is 11.2 Å². The molecule has 4 rings (SSSR count). The number of hydrogen-bond donors (Lipinski definition) is 0. The van der Waals surface area contributed by atoms with Crippen molar-refractivity contribution in [1.82, 2.24) is 0 Å². The number of Topliss-reactive ketones (excluding diaryl/α,β-unsaturated/α-hetero) is 1. The van der Waals surface area contributed by atoms with Gasteiger partial charge in [0.05, 0.1) is 24.2 Å². The summed E-state index contributed by atoms with van der Waals surface area (Å²) in [5.41, 5.74) is -0.519. The van der Waals surface area contributed by atoms with E-state index in [4.69, 9.17) is 0 Å². The van der Waals surface area contributed by atoms with Crippen LogP contribution in [-0.4, -0.2) is 17.9 Å². The fraction of sp³-hybridized carbons (Fsp3) is 0.320. The van der Waals surface area contributed by atoms with Gasteiger partial charge in [-0.05, 0) is 29.3 Å². The summed E-state index contributed by atoms with van der Waals surface area (Å²) in [7, 11) is 0. The number of nitriles is 2. The molecule has 0 amide bonds. The minimum Gasteiger partial charge on any atom is -0.351 e. The Morgan fingerprint density at radius 2 is 1.84 bits per heavy atom. The van der Waals surface area contributed by atoms with Crippen LogP contribution in [0.2, 0.25) is 0 Å².